The minimum absolute atomic E-state index is 0.198. The van der Waals surface area contributed by atoms with Crippen molar-refractivity contribution in [2.75, 3.05) is 6.54 Å². The average molecular weight is 662 g/mol. The first kappa shape index (κ1) is 41.8. The molecule has 2 aliphatic carbocycles. The van der Waals surface area contributed by atoms with Gasteiger partial charge in [-0.25, -0.2) is 4.79 Å². The van der Waals surface area contributed by atoms with Crippen molar-refractivity contribution in [1.82, 2.24) is 16.0 Å². The SMILES string of the molecule is CCC(C)(C)C.CCC(C)[C@H]1C/C(=C\C(=O)[C@@H](NC(N)=O)C(C)(C)C)[C@H](C(=O)NC(CC2CCC2)C(=O)C(N)=O)C1.O=C1CCCN1. The maximum atomic E-state index is 13.4. The van der Waals surface area contributed by atoms with Gasteiger partial charge in [0.25, 0.3) is 5.91 Å². The number of hydrogen-bond donors (Lipinski definition) is 5. The Morgan fingerprint density at radius 2 is 1.57 bits per heavy atom. The molecule has 0 spiro atoms. The van der Waals surface area contributed by atoms with Crippen molar-refractivity contribution in [1.29, 1.82) is 0 Å². The van der Waals surface area contributed by atoms with E-state index >= 15 is 0 Å². The summed E-state index contributed by atoms with van der Waals surface area (Å²) in [4.78, 5) is 72.3. The molecule has 0 aromatic rings. The number of carbonyl (C=O) groups is 6. The maximum absolute atomic E-state index is 13.4. The van der Waals surface area contributed by atoms with E-state index in [2.05, 4.69) is 57.5 Å². The Balaban J connectivity index is 0.000000768. The third kappa shape index (κ3) is 15.0. The Morgan fingerprint density at radius 1 is 0.979 bits per heavy atom. The van der Waals surface area contributed by atoms with Gasteiger partial charge in [0.05, 0.1) is 18.0 Å². The van der Waals surface area contributed by atoms with E-state index < -0.39 is 41.1 Å². The number of rotatable bonds is 11. The van der Waals surface area contributed by atoms with Gasteiger partial charge in [-0.3, -0.25) is 24.0 Å². The minimum Gasteiger partial charge on any atom is -0.363 e. The van der Waals surface area contributed by atoms with E-state index in [0.717, 1.165) is 45.1 Å². The summed E-state index contributed by atoms with van der Waals surface area (Å²) in [7, 11) is 0. The van der Waals surface area contributed by atoms with Crippen molar-refractivity contribution in [2.24, 2.45) is 46.0 Å². The van der Waals surface area contributed by atoms with Crippen LogP contribution in [0.4, 0.5) is 4.79 Å². The van der Waals surface area contributed by atoms with Crippen LogP contribution in [0.15, 0.2) is 11.6 Å². The molecule has 1 heterocycles. The lowest BCUT2D eigenvalue weighted by atomic mass is 9.80. The molecule has 3 rings (SSSR count). The molecule has 268 valence electrons. The van der Waals surface area contributed by atoms with Crippen molar-refractivity contribution in [2.45, 2.75) is 139 Å². The molecular weight excluding hydrogens is 598 g/mol. The number of hydrogen-bond acceptors (Lipinski definition) is 6. The summed E-state index contributed by atoms with van der Waals surface area (Å²) in [6.07, 6.45) is 9.92. The van der Waals surface area contributed by atoms with E-state index in [1.807, 2.05) is 20.8 Å². The Morgan fingerprint density at radius 3 is 1.94 bits per heavy atom. The first-order valence-electron chi connectivity index (χ1n) is 17.4. The highest BCUT2D eigenvalue weighted by Crippen LogP contribution is 2.41. The van der Waals surface area contributed by atoms with E-state index in [9.17, 15) is 28.8 Å². The monoisotopic (exact) mass is 661 g/mol. The van der Waals surface area contributed by atoms with Crippen LogP contribution >= 0.6 is 0 Å². The quantitative estimate of drug-likeness (QED) is 0.157. The number of amides is 5. The van der Waals surface area contributed by atoms with E-state index in [1.54, 1.807) is 0 Å². The topological polar surface area (TPSA) is 191 Å². The average Bonchev–Trinajstić information content (AvgIpc) is 3.60. The molecule has 0 bridgehead atoms. The Labute approximate surface area is 282 Å². The fraction of sp³-hybridized carbons (Fsp3) is 0.778. The van der Waals surface area contributed by atoms with Gasteiger partial charge in [0.1, 0.15) is 0 Å². The molecule has 7 N–H and O–H groups in total. The summed E-state index contributed by atoms with van der Waals surface area (Å²) < 4.78 is 0. The number of nitrogens with two attached hydrogens (primary N) is 2. The third-order valence-corrected chi connectivity index (χ3v) is 9.65. The van der Waals surface area contributed by atoms with Gasteiger partial charge in [-0.05, 0) is 60.3 Å². The molecule has 11 nitrogen and oxygen atoms in total. The molecule has 3 aliphatic rings. The standard InChI is InChI=1S/C26H42N4O5.C6H14.C4H7NO/c1-6-14(2)16-11-17(13-20(31)22(26(3,4)5)30-25(28)35)18(12-16)24(34)29-19(21(32)23(27)33)10-15-8-7-9-15;1-5-6(2,3)4;6-4-2-1-3-5-4/h13-16,18-19,22H,6-12H2,1-5H3,(H2,27,33)(H,29,34)(H3,28,30,35);5H2,1-4H3;1-3H2,(H,5,6)/b17-13+;;/t14?,16-,18+,19?,22+;;/m0../s1. The predicted molar refractivity (Wildman–Crippen MR) is 185 cm³/mol. The van der Waals surface area contributed by atoms with Crippen molar-refractivity contribution >= 4 is 35.3 Å². The molecule has 11 heteroatoms. The normalized spacial score (nSPS) is 22.2. The smallest absolute Gasteiger partial charge is 0.312 e. The van der Waals surface area contributed by atoms with E-state index in [4.69, 9.17) is 11.5 Å². The summed E-state index contributed by atoms with van der Waals surface area (Å²) >= 11 is 0. The molecule has 0 aromatic heterocycles. The van der Waals surface area contributed by atoms with Crippen LogP contribution in [-0.4, -0.2) is 53.9 Å². The fourth-order valence-electron chi connectivity index (χ4n) is 5.61. The highest BCUT2D eigenvalue weighted by Gasteiger charge is 2.40. The van der Waals surface area contributed by atoms with Crippen LogP contribution in [0.1, 0.15) is 127 Å². The van der Waals surface area contributed by atoms with Gasteiger partial charge in [-0.2, -0.15) is 0 Å². The zero-order valence-electron chi connectivity index (χ0n) is 30.4. The maximum Gasteiger partial charge on any atom is 0.312 e. The van der Waals surface area contributed by atoms with Gasteiger partial charge in [-0.15, -0.1) is 0 Å². The summed E-state index contributed by atoms with van der Waals surface area (Å²) in [6.45, 7) is 19.5. The second kappa shape index (κ2) is 18.9. The molecule has 0 aromatic carbocycles. The van der Waals surface area contributed by atoms with Crippen LogP contribution in [0.3, 0.4) is 0 Å². The second-order valence-electron chi connectivity index (χ2n) is 15.8. The Bertz CT molecular complexity index is 1120. The lowest BCUT2D eigenvalue weighted by Crippen LogP contribution is -2.50. The largest absolute Gasteiger partial charge is 0.363 e. The molecule has 0 radical (unpaired) electrons. The van der Waals surface area contributed by atoms with Gasteiger partial charge >= 0.3 is 6.03 Å². The first-order chi connectivity index (χ1) is 21.7. The molecule has 1 aliphatic heterocycles. The zero-order chi connectivity index (χ0) is 36.1. The molecule has 1 saturated heterocycles. The summed E-state index contributed by atoms with van der Waals surface area (Å²) in [5, 5.41) is 7.99. The van der Waals surface area contributed by atoms with Crippen LogP contribution in [0.5, 0.6) is 0 Å². The second-order valence-corrected chi connectivity index (χ2v) is 15.8. The van der Waals surface area contributed by atoms with Crippen molar-refractivity contribution in [3.05, 3.63) is 11.6 Å². The number of Topliss-reactive ketones (excluding diaryl/α,β-unsaturated/α-hetero) is 1. The number of nitrogens with one attached hydrogen (secondary N) is 3. The minimum atomic E-state index is -1.06. The highest BCUT2D eigenvalue weighted by atomic mass is 16.2. The fourth-order valence-corrected chi connectivity index (χ4v) is 5.61. The van der Waals surface area contributed by atoms with Crippen molar-refractivity contribution in [3.63, 3.8) is 0 Å². The van der Waals surface area contributed by atoms with E-state index in [-0.39, 0.29) is 29.4 Å². The van der Waals surface area contributed by atoms with Crippen LogP contribution < -0.4 is 27.4 Å². The van der Waals surface area contributed by atoms with Gasteiger partial charge < -0.3 is 27.4 Å². The molecule has 5 amide bonds. The lowest BCUT2D eigenvalue weighted by molar-refractivity contribution is -0.139. The van der Waals surface area contributed by atoms with Crippen LogP contribution in [0, 0.1) is 34.5 Å². The van der Waals surface area contributed by atoms with Crippen LogP contribution in [0.25, 0.3) is 0 Å². The van der Waals surface area contributed by atoms with E-state index in [1.165, 1.54) is 12.5 Å². The zero-order valence-corrected chi connectivity index (χ0v) is 30.4. The van der Waals surface area contributed by atoms with Crippen LogP contribution in [0.2, 0.25) is 0 Å². The van der Waals surface area contributed by atoms with E-state index in [0.29, 0.717) is 36.2 Å². The number of carbonyl (C=O) groups excluding carboxylic acids is 6. The number of ketones is 2. The molecule has 47 heavy (non-hydrogen) atoms. The predicted octanol–water partition coefficient (Wildman–Crippen LogP) is 4.71. The van der Waals surface area contributed by atoms with Crippen molar-refractivity contribution in [3.8, 4) is 0 Å². The Kier molecular flexibility index (Phi) is 16.8. The van der Waals surface area contributed by atoms with Gasteiger partial charge in [0.15, 0.2) is 5.78 Å². The van der Waals surface area contributed by atoms with Crippen LogP contribution in [-0.2, 0) is 24.0 Å². The number of urea groups is 1. The summed E-state index contributed by atoms with van der Waals surface area (Å²) in [5.74, 6) is -2.12. The Hall–Kier alpha value is -3.24. The number of primary amides is 2. The summed E-state index contributed by atoms with van der Waals surface area (Å²) in [5.41, 5.74) is 11.2. The van der Waals surface area contributed by atoms with Gasteiger partial charge in [0, 0.05) is 13.0 Å². The first-order valence-corrected chi connectivity index (χ1v) is 17.4. The molecule has 2 unspecified atom stereocenters. The van der Waals surface area contributed by atoms with Gasteiger partial charge in [-0.1, -0.05) is 100.0 Å². The molecular formula is C36H63N5O6. The molecule has 2 saturated carbocycles. The van der Waals surface area contributed by atoms with Gasteiger partial charge in [0.2, 0.25) is 17.6 Å². The molecule has 3 fully saturated rings. The third-order valence-electron chi connectivity index (χ3n) is 9.65. The lowest BCUT2D eigenvalue weighted by Gasteiger charge is -2.30. The highest BCUT2D eigenvalue weighted by molar-refractivity contribution is 6.37. The van der Waals surface area contributed by atoms with Crippen molar-refractivity contribution < 1.29 is 28.8 Å². The molecule has 5 atom stereocenters. The summed E-state index contributed by atoms with van der Waals surface area (Å²) in [6, 6.07) is -2.59.